The van der Waals surface area contributed by atoms with E-state index < -0.39 is 6.09 Å². The van der Waals surface area contributed by atoms with Gasteiger partial charge in [-0.05, 0) is 45.1 Å². The predicted octanol–water partition coefficient (Wildman–Crippen LogP) is 1.84. The van der Waals surface area contributed by atoms with Gasteiger partial charge in [-0.3, -0.25) is 0 Å². The van der Waals surface area contributed by atoms with Crippen molar-refractivity contribution in [2.75, 3.05) is 20.1 Å². The van der Waals surface area contributed by atoms with Gasteiger partial charge in [0, 0.05) is 13.0 Å². The Hall–Kier alpha value is -2.08. The maximum Gasteiger partial charge on any atom is 0.410 e. The lowest BCUT2D eigenvalue weighted by molar-refractivity contribution is 0.211. The second-order valence-corrected chi connectivity index (χ2v) is 5.65. The molecule has 112 valence electrons. The smallest absolute Gasteiger partial charge is 0.408 e. The van der Waals surface area contributed by atoms with Crippen molar-refractivity contribution in [3.8, 4) is 5.75 Å². The fourth-order valence-electron chi connectivity index (χ4n) is 3.03. The van der Waals surface area contributed by atoms with Crippen LogP contribution in [0.5, 0.6) is 5.75 Å². The Morgan fingerprint density at radius 2 is 2.05 bits per heavy atom. The van der Waals surface area contributed by atoms with Crippen LogP contribution in [0.1, 0.15) is 24.6 Å². The van der Waals surface area contributed by atoms with Gasteiger partial charge in [-0.1, -0.05) is 6.07 Å². The van der Waals surface area contributed by atoms with Crippen LogP contribution in [0.15, 0.2) is 18.2 Å². The molecule has 1 fully saturated rings. The predicted molar refractivity (Wildman–Crippen MR) is 80.4 cm³/mol. The van der Waals surface area contributed by atoms with E-state index in [1.54, 1.807) is 6.07 Å². The molecule has 0 aliphatic carbocycles. The standard InChI is InChI=1S/C15H20N4O2/c1-18-8-6-10(7-9-18)14-17-13-11(19(14)2)4-3-5-12(13)21-15(16)20/h3-5,10H,6-9H2,1-2H3,(H2,16,20). The topological polar surface area (TPSA) is 73.4 Å². The lowest BCUT2D eigenvalue weighted by Gasteiger charge is -2.28. The molecule has 1 amide bonds. The SMILES string of the molecule is CN1CCC(c2nc3c(OC(N)=O)cccc3n2C)CC1. The lowest BCUT2D eigenvalue weighted by Crippen LogP contribution is -2.30. The molecule has 2 N–H and O–H groups in total. The second kappa shape index (κ2) is 5.37. The summed E-state index contributed by atoms with van der Waals surface area (Å²) in [6.45, 7) is 2.16. The van der Waals surface area contributed by atoms with Crippen LogP contribution in [0.4, 0.5) is 4.79 Å². The third-order valence-corrected chi connectivity index (χ3v) is 4.20. The van der Waals surface area contributed by atoms with Gasteiger partial charge in [-0.2, -0.15) is 0 Å². The number of carbonyl (C=O) groups is 1. The van der Waals surface area contributed by atoms with Crippen LogP contribution in [0.2, 0.25) is 0 Å². The van der Waals surface area contributed by atoms with E-state index in [4.69, 9.17) is 15.5 Å². The Balaban J connectivity index is 2.00. The van der Waals surface area contributed by atoms with Gasteiger partial charge in [-0.15, -0.1) is 0 Å². The number of ether oxygens (including phenoxy) is 1. The quantitative estimate of drug-likeness (QED) is 0.915. The normalized spacial score (nSPS) is 17.2. The number of rotatable bonds is 2. The molecule has 0 spiro atoms. The van der Waals surface area contributed by atoms with Crippen molar-refractivity contribution in [3.63, 3.8) is 0 Å². The minimum atomic E-state index is -0.811. The second-order valence-electron chi connectivity index (χ2n) is 5.65. The van der Waals surface area contributed by atoms with Crippen molar-refractivity contribution < 1.29 is 9.53 Å². The van der Waals surface area contributed by atoms with Crippen molar-refractivity contribution in [1.29, 1.82) is 0 Å². The van der Waals surface area contributed by atoms with E-state index in [0.29, 0.717) is 17.2 Å². The molecule has 6 heteroatoms. The summed E-state index contributed by atoms with van der Waals surface area (Å²) in [6, 6.07) is 5.55. The lowest BCUT2D eigenvalue weighted by atomic mass is 9.96. The summed E-state index contributed by atoms with van der Waals surface area (Å²) >= 11 is 0. The monoisotopic (exact) mass is 288 g/mol. The Morgan fingerprint density at radius 1 is 1.33 bits per heavy atom. The van der Waals surface area contributed by atoms with E-state index in [1.165, 1.54) is 0 Å². The number of nitrogens with zero attached hydrogens (tertiary/aromatic N) is 3. The molecule has 0 saturated carbocycles. The van der Waals surface area contributed by atoms with Crippen LogP contribution >= 0.6 is 0 Å². The van der Waals surface area contributed by atoms with Gasteiger partial charge in [-0.25, -0.2) is 9.78 Å². The molecule has 1 aromatic carbocycles. The Kier molecular flexibility index (Phi) is 3.55. The Bertz CT molecular complexity index is 672. The zero-order valence-corrected chi connectivity index (χ0v) is 12.4. The molecule has 1 aliphatic heterocycles. The van der Waals surface area contributed by atoms with Gasteiger partial charge in [0.15, 0.2) is 5.75 Å². The number of hydrogen-bond acceptors (Lipinski definition) is 4. The van der Waals surface area contributed by atoms with E-state index in [1.807, 2.05) is 19.2 Å². The van der Waals surface area contributed by atoms with E-state index in [-0.39, 0.29) is 0 Å². The summed E-state index contributed by atoms with van der Waals surface area (Å²) < 4.78 is 7.15. The van der Waals surface area contributed by atoms with Crippen LogP contribution < -0.4 is 10.5 Å². The van der Waals surface area contributed by atoms with Crippen molar-refractivity contribution in [2.24, 2.45) is 12.8 Å². The maximum absolute atomic E-state index is 11.0. The number of imidazole rings is 1. The van der Waals surface area contributed by atoms with Gasteiger partial charge in [0.1, 0.15) is 11.3 Å². The number of para-hydroxylation sites is 1. The molecular formula is C15H20N4O2. The first-order chi connectivity index (χ1) is 10.1. The highest BCUT2D eigenvalue weighted by atomic mass is 16.5. The number of carbonyl (C=O) groups excluding carboxylic acids is 1. The number of piperidine rings is 1. The van der Waals surface area contributed by atoms with Crippen LogP contribution in [0.3, 0.4) is 0 Å². The molecular weight excluding hydrogens is 268 g/mol. The van der Waals surface area contributed by atoms with Crippen LogP contribution in [0.25, 0.3) is 11.0 Å². The average molecular weight is 288 g/mol. The number of likely N-dealkylation sites (tertiary alicyclic amines) is 1. The number of primary amides is 1. The summed E-state index contributed by atoms with van der Waals surface area (Å²) in [5.41, 5.74) is 6.78. The number of aryl methyl sites for hydroxylation is 1. The number of hydrogen-bond donors (Lipinski definition) is 1. The highest BCUT2D eigenvalue weighted by molar-refractivity contribution is 5.85. The number of benzene rings is 1. The first-order valence-electron chi connectivity index (χ1n) is 7.17. The number of amides is 1. The molecule has 1 aromatic heterocycles. The number of aromatic nitrogens is 2. The highest BCUT2D eigenvalue weighted by Gasteiger charge is 2.24. The average Bonchev–Trinajstić information content (AvgIpc) is 2.78. The summed E-state index contributed by atoms with van der Waals surface area (Å²) in [4.78, 5) is 18.1. The molecule has 2 aromatic rings. The fraction of sp³-hybridized carbons (Fsp3) is 0.467. The minimum Gasteiger partial charge on any atom is -0.408 e. The summed E-state index contributed by atoms with van der Waals surface area (Å²) in [7, 11) is 4.15. The molecule has 3 rings (SSSR count). The zero-order chi connectivity index (χ0) is 15.0. The summed E-state index contributed by atoms with van der Waals surface area (Å²) in [5, 5.41) is 0. The molecule has 6 nitrogen and oxygen atoms in total. The van der Waals surface area contributed by atoms with Gasteiger partial charge >= 0.3 is 6.09 Å². The van der Waals surface area contributed by atoms with Crippen molar-refractivity contribution in [2.45, 2.75) is 18.8 Å². The van der Waals surface area contributed by atoms with Crippen molar-refractivity contribution in [1.82, 2.24) is 14.5 Å². The minimum absolute atomic E-state index is 0.426. The fourth-order valence-corrected chi connectivity index (χ4v) is 3.03. The Morgan fingerprint density at radius 3 is 2.71 bits per heavy atom. The first-order valence-corrected chi connectivity index (χ1v) is 7.17. The Labute approximate surface area is 123 Å². The van der Waals surface area contributed by atoms with Crippen molar-refractivity contribution in [3.05, 3.63) is 24.0 Å². The molecule has 1 saturated heterocycles. The number of nitrogens with two attached hydrogens (primary N) is 1. The third-order valence-electron chi connectivity index (χ3n) is 4.20. The largest absolute Gasteiger partial charge is 0.410 e. The van der Waals surface area contributed by atoms with Gasteiger partial charge in [0.05, 0.1) is 5.52 Å². The summed E-state index contributed by atoms with van der Waals surface area (Å²) in [5.74, 6) is 1.92. The van der Waals surface area contributed by atoms with E-state index in [0.717, 1.165) is 37.3 Å². The van der Waals surface area contributed by atoms with E-state index >= 15 is 0 Å². The molecule has 0 bridgehead atoms. The van der Waals surface area contributed by atoms with Crippen LogP contribution in [0, 0.1) is 0 Å². The maximum atomic E-state index is 11.0. The molecule has 0 radical (unpaired) electrons. The van der Waals surface area contributed by atoms with Crippen LogP contribution in [-0.4, -0.2) is 40.7 Å². The first kappa shape index (κ1) is 13.9. The molecule has 2 heterocycles. The summed E-state index contributed by atoms with van der Waals surface area (Å²) in [6.07, 6.45) is 1.38. The van der Waals surface area contributed by atoms with Gasteiger partial charge in [0.25, 0.3) is 0 Å². The molecule has 1 aliphatic rings. The van der Waals surface area contributed by atoms with Gasteiger partial charge in [0.2, 0.25) is 0 Å². The zero-order valence-electron chi connectivity index (χ0n) is 12.4. The van der Waals surface area contributed by atoms with E-state index in [2.05, 4.69) is 16.5 Å². The van der Waals surface area contributed by atoms with Crippen molar-refractivity contribution >= 4 is 17.1 Å². The molecule has 0 atom stereocenters. The third kappa shape index (κ3) is 2.58. The molecule has 0 unspecified atom stereocenters. The highest BCUT2D eigenvalue weighted by Crippen LogP contribution is 2.32. The molecule has 21 heavy (non-hydrogen) atoms. The van der Waals surface area contributed by atoms with E-state index in [9.17, 15) is 4.79 Å². The number of fused-ring (bicyclic) bond motifs is 1. The van der Waals surface area contributed by atoms with Gasteiger partial charge < -0.3 is 19.9 Å². The van der Waals surface area contributed by atoms with Crippen LogP contribution in [-0.2, 0) is 7.05 Å².